The van der Waals surface area contributed by atoms with Crippen LogP contribution in [0.5, 0.6) is 0 Å². The van der Waals surface area contributed by atoms with E-state index in [1.54, 1.807) is 0 Å². The number of likely N-dealkylation sites (N-methyl/N-ethyl adjacent to an activating group) is 1. The van der Waals surface area contributed by atoms with E-state index in [4.69, 9.17) is 5.73 Å². The molecule has 0 aliphatic carbocycles. The number of rotatable bonds is 3. The summed E-state index contributed by atoms with van der Waals surface area (Å²) in [5.41, 5.74) is 8.47. The molecule has 1 aliphatic heterocycles. The summed E-state index contributed by atoms with van der Waals surface area (Å²) in [6.45, 7) is 7.44. The lowest BCUT2D eigenvalue weighted by Crippen LogP contribution is -2.56. The van der Waals surface area contributed by atoms with Gasteiger partial charge in [0, 0.05) is 30.9 Å². The third kappa shape index (κ3) is 2.68. The Bertz CT molecular complexity index is 391. The van der Waals surface area contributed by atoms with Gasteiger partial charge in [-0.15, -0.1) is 0 Å². The third-order valence-electron chi connectivity index (χ3n) is 4.14. The van der Waals surface area contributed by atoms with Crippen molar-refractivity contribution < 1.29 is 0 Å². The van der Waals surface area contributed by atoms with Crippen molar-refractivity contribution in [2.75, 3.05) is 31.6 Å². The molecule has 3 nitrogen and oxygen atoms in total. The van der Waals surface area contributed by atoms with E-state index in [0.717, 1.165) is 26.1 Å². The molecule has 2 rings (SSSR count). The number of benzene rings is 1. The summed E-state index contributed by atoms with van der Waals surface area (Å²) >= 11 is 0. The first-order valence-electron chi connectivity index (χ1n) is 6.86. The SMILES string of the molecule is Cc1ccccc1N1CC(C)N(C)C(CCN)C1. The molecule has 0 saturated carbocycles. The number of anilines is 1. The number of para-hydroxylation sites is 1. The highest BCUT2D eigenvalue weighted by Crippen LogP contribution is 2.25. The van der Waals surface area contributed by atoms with Crippen molar-refractivity contribution in [1.82, 2.24) is 4.90 Å². The van der Waals surface area contributed by atoms with Gasteiger partial charge in [-0.2, -0.15) is 0 Å². The van der Waals surface area contributed by atoms with E-state index in [0.29, 0.717) is 12.1 Å². The van der Waals surface area contributed by atoms with Gasteiger partial charge in [0.15, 0.2) is 0 Å². The Morgan fingerprint density at radius 1 is 1.28 bits per heavy atom. The normalized spacial score (nSPS) is 25.4. The molecular formula is C15H25N3. The average Bonchev–Trinajstić information content (AvgIpc) is 2.35. The minimum Gasteiger partial charge on any atom is -0.368 e. The molecule has 2 unspecified atom stereocenters. The van der Waals surface area contributed by atoms with Crippen LogP contribution in [0, 0.1) is 6.92 Å². The number of hydrogen-bond acceptors (Lipinski definition) is 3. The van der Waals surface area contributed by atoms with Crippen LogP contribution in [0.15, 0.2) is 24.3 Å². The highest BCUT2D eigenvalue weighted by Gasteiger charge is 2.29. The zero-order chi connectivity index (χ0) is 13.1. The lowest BCUT2D eigenvalue weighted by molar-refractivity contribution is 0.152. The predicted molar refractivity (Wildman–Crippen MR) is 78.1 cm³/mol. The van der Waals surface area contributed by atoms with Crippen molar-refractivity contribution in [3.05, 3.63) is 29.8 Å². The Kier molecular flexibility index (Phi) is 4.25. The summed E-state index contributed by atoms with van der Waals surface area (Å²) in [6.07, 6.45) is 1.07. The molecule has 3 heteroatoms. The maximum absolute atomic E-state index is 5.74. The van der Waals surface area contributed by atoms with Gasteiger partial charge in [-0.3, -0.25) is 4.90 Å². The van der Waals surface area contributed by atoms with Gasteiger partial charge >= 0.3 is 0 Å². The van der Waals surface area contributed by atoms with Crippen LogP contribution >= 0.6 is 0 Å². The molecule has 1 saturated heterocycles. The van der Waals surface area contributed by atoms with Gasteiger partial charge < -0.3 is 10.6 Å². The molecule has 0 spiro atoms. The minimum atomic E-state index is 0.568. The Morgan fingerprint density at radius 2 is 2.00 bits per heavy atom. The molecule has 18 heavy (non-hydrogen) atoms. The van der Waals surface area contributed by atoms with Crippen LogP contribution in [0.25, 0.3) is 0 Å². The van der Waals surface area contributed by atoms with Crippen molar-refractivity contribution in [3.63, 3.8) is 0 Å². The molecule has 0 aromatic heterocycles. The molecule has 2 atom stereocenters. The fraction of sp³-hybridized carbons (Fsp3) is 0.600. The van der Waals surface area contributed by atoms with Gasteiger partial charge in [0.05, 0.1) is 0 Å². The van der Waals surface area contributed by atoms with Crippen LogP contribution in [-0.2, 0) is 0 Å². The van der Waals surface area contributed by atoms with Gasteiger partial charge in [0.2, 0.25) is 0 Å². The second kappa shape index (κ2) is 5.72. The Morgan fingerprint density at radius 3 is 2.67 bits per heavy atom. The summed E-state index contributed by atoms with van der Waals surface area (Å²) in [5.74, 6) is 0. The number of nitrogens with zero attached hydrogens (tertiary/aromatic N) is 2. The van der Waals surface area contributed by atoms with Crippen LogP contribution in [0.1, 0.15) is 18.9 Å². The third-order valence-corrected chi connectivity index (χ3v) is 4.14. The maximum Gasteiger partial charge on any atom is 0.0396 e. The zero-order valence-electron chi connectivity index (χ0n) is 11.8. The molecule has 0 amide bonds. The number of hydrogen-bond donors (Lipinski definition) is 1. The van der Waals surface area contributed by atoms with E-state index < -0.39 is 0 Å². The summed E-state index contributed by atoms with van der Waals surface area (Å²) in [4.78, 5) is 4.99. The summed E-state index contributed by atoms with van der Waals surface area (Å²) < 4.78 is 0. The first kappa shape index (κ1) is 13.4. The summed E-state index contributed by atoms with van der Waals surface area (Å²) in [5, 5.41) is 0. The van der Waals surface area contributed by atoms with Crippen LogP contribution in [0.2, 0.25) is 0 Å². The molecule has 0 bridgehead atoms. The van der Waals surface area contributed by atoms with Crippen molar-refractivity contribution in [1.29, 1.82) is 0 Å². The Hall–Kier alpha value is -1.06. The summed E-state index contributed by atoms with van der Waals surface area (Å²) in [6, 6.07) is 9.80. The average molecular weight is 247 g/mol. The second-order valence-electron chi connectivity index (χ2n) is 5.44. The van der Waals surface area contributed by atoms with E-state index in [9.17, 15) is 0 Å². The summed E-state index contributed by atoms with van der Waals surface area (Å²) in [7, 11) is 2.22. The number of piperazine rings is 1. The van der Waals surface area contributed by atoms with Gasteiger partial charge in [-0.25, -0.2) is 0 Å². The van der Waals surface area contributed by atoms with E-state index in [2.05, 4.69) is 55.0 Å². The Balaban J connectivity index is 2.17. The minimum absolute atomic E-state index is 0.568. The highest BCUT2D eigenvalue weighted by atomic mass is 15.3. The topological polar surface area (TPSA) is 32.5 Å². The maximum atomic E-state index is 5.74. The van der Waals surface area contributed by atoms with Crippen LogP contribution in [0.4, 0.5) is 5.69 Å². The number of aryl methyl sites for hydroxylation is 1. The monoisotopic (exact) mass is 247 g/mol. The lowest BCUT2D eigenvalue weighted by atomic mass is 10.0. The van der Waals surface area contributed by atoms with Crippen LogP contribution < -0.4 is 10.6 Å². The largest absolute Gasteiger partial charge is 0.368 e. The molecular weight excluding hydrogens is 222 g/mol. The second-order valence-corrected chi connectivity index (χ2v) is 5.44. The molecule has 0 radical (unpaired) electrons. The molecule has 1 heterocycles. The molecule has 1 aromatic carbocycles. The number of nitrogens with two attached hydrogens (primary N) is 1. The van der Waals surface area contributed by atoms with Crippen molar-refractivity contribution >= 4 is 5.69 Å². The first-order chi connectivity index (χ1) is 8.63. The standard InChI is InChI=1S/C15H25N3/c1-12-6-4-5-7-15(12)18-10-13(2)17(3)14(11-18)8-9-16/h4-7,13-14H,8-11,16H2,1-3H3. The first-order valence-corrected chi connectivity index (χ1v) is 6.86. The molecule has 100 valence electrons. The zero-order valence-corrected chi connectivity index (χ0v) is 11.8. The molecule has 1 aliphatic rings. The van der Waals surface area contributed by atoms with Crippen molar-refractivity contribution in [2.45, 2.75) is 32.4 Å². The molecule has 2 N–H and O–H groups in total. The van der Waals surface area contributed by atoms with Gasteiger partial charge in [0.25, 0.3) is 0 Å². The predicted octanol–water partition coefficient (Wildman–Crippen LogP) is 1.85. The fourth-order valence-electron chi connectivity index (χ4n) is 2.87. The van der Waals surface area contributed by atoms with E-state index >= 15 is 0 Å². The fourth-order valence-corrected chi connectivity index (χ4v) is 2.87. The van der Waals surface area contributed by atoms with Crippen LogP contribution in [-0.4, -0.2) is 43.7 Å². The quantitative estimate of drug-likeness (QED) is 0.885. The van der Waals surface area contributed by atoms with Crippen molar-refractivity contribution in [2.24, 2.45) is 5.73 Å². The highest BCUT2D eigenvalue weighted by molar-refractivity contribution is 5.53. The lowest BCUT2D eigenvalue weighted by Gasteiger charge is -2.45. The van der Waals surface area contributed by atoms with E-state index in [1.165, 1.54) is 11.3 Å². The van der Waals surface area contributed by atoms with E-state index in [-0.39, 0.29) is 0 Å². The molecule has 1 fully saturated rings. The van der Waals surface area contributed by atoms with Gasteiger partial charge in [-0.05, 0) is 45.5 Å². The van der Waals surface area contributed by atoms with Gasteiger partial charge in [-0.1, -0.05) is 18.2 Å². The van der Waals surface area contributed by atoms with E-state index in [1.807, 2.05) is 0 Å². The van der Waals surface area contributed by atoms with Crippen LogP contribution in [0.3, 0.4) is 0 Å². The Labute approximate surface area is 111 Å². The molecule has 1 aromatic rings. The smallest absolute Gasteiger partial charge is 0.0396 e. The van der Waals surface area contributed by atoms with Crippen molar-refractivity contribution in [3.8, 4) is 0 Å². The van der Waals surface area contributed by atoms with Gasteiger partial charge in [0.1, 0.15) is 0 Å².